The minimum atomic E-state index is -1.02. The number of nitrogens with two attached hydrogens (primary N) is 1. The van der Waals surface area contributed by atoms with Gasteiger partial charge in [-0.1, -0.05) is 5.21 Å². The molecule has 0 fully saturated rings. The van der Waals surface area contributed by atoms with Crippen LogP contribution in [0.25, 0.3) is 16.7 Å². The molecule has 0 saturated heterocycles. The van der Waals surface area contributed by atoms with Crippen molar-refractivity contribution < 1.29 is 14.7 Å². The normalized spacial score (nSPS) is 10.8. The third kappa shape index (κ3) is 2.33. The van der Waals surface area contributed by atoms with Gasteiger partial charge in [0.1, 0.15) is 5.52 Å². The number of fused-ring (bicyclic) bond motifs is 1. The maximum absolute atomic E-state index is 11.2. The number of benzene rings is 2. The summed E-state index contributed by atoms with van der Waals surface area (Å²) >= 11 is 3.37. The van der Waals surface area contributed by atoms with Crippen LogP contribution in [0.4, 0.5) is 0 Å². The topological polar surface area (TPSA) is 111 Å². The average Bonchev–Trinajstić information content (AvgIpc) is 2.89. The second-order valence-corrected chi connectivity index (χ2v) is 5.39. The number of hydrogen-bond donors (Lipinski definition) is 2. The van der Waals surface area contributed by atoms with Gasteiger partial charge in [-0.2, -0.15) is 0 Å². The number of hydrogen-bond acceptors (Lipinski definition) is 4. The largest absolute Gasteiger partial charge is 0.478 e. The second-order valence-electron chi connectivity index (χ2n) is 4.54. The summed E-state index contributed by atoms with van der Waals surface area (Å²) in [6.07, 6.45) is 0. The zero-order valence-electron chi connectivity index (χ0n) is 11.0. The van der Waals surface area contributed by atoms with Crippen LogP contribution in [0.3, 0.4) is 0 Å². The van der Waals surface area contributed by atoms with Crippen molar-refractivity contribution in [1.29, 1.82) is 0 Å². The molecule has 0 aliphatic carbocycles. The van der Waals surface area contributed by atoms with Crippen molar-refractivity contribution in [3.63, 3.8) is 0 Å². The Balaban J connectivity index is 2.15. The Bertz CT molecular complexity index is 920. The lowest BCUT2D eigenvalue weighted by Crippen LogP contribution is -2.11. The third-order valence-corrected chi connectivity index (χ3v) is 3.79. The van der Waals surface area contributed by atoms with Crippen LogP contribution < -0.4 is 5.73 Å². The van der Waals surface area contributed by atoms with Crippen molar-refractivity contribution in [3.8, 4) is 5.69 Å². The van der Waals surface area contributed by atoms with E-state index in [4.69, 9.17) is 10.8 Å². The zero-order valence-corrected chi connectivity index (χ0v) is 12.6. The molecule has 1 aromatic heterocycles. The highest BCUT2D eigenvalue weighted by atomic mass is 79.9. The van der Waals surface area contributed by atoms with E-state index in [2.05, 4.69) is 26.2 Å². The zero-order chi connectivity index (χ0) is 15.9. The number of rotatable bonds is 3. The van der Waals surface area contributed by atoms with Crippen molar-refractivity contribution >= 4 is 38.8 Å². The number of carboxylic acid groups (broad SMARTS) is 1. The molecule has 0 radical (unpaired) electrons. The number of carboxylic acids is 1. The number of carbonyl (C=O) groups is 2. The number of primary amides is 1. The lowest BCUT2D eigenvalue weighted by molar-refractivity contribution is 0.0696. The van der Waals surface area contributed by atoms with Gasteiger partial charge in [-0.05, 0) is 52.3 Å². The highest BCUT2D eigenvalue weighted by molar-refractivity contribution is 9.10. The van der Waals surface area contributed by atoms with Crippen molar-refractivity contribution in [1.82, 2.24) is 15.0 Å². The Kier molecular flexibility index (Phi) is 3.38. The predicted molar refractivity (Wildman–Crippen MR) is 82.0 cm³/mol. The van der Waals surface area contributed by atoms with Gasteiger partial charge >= 0.3 is 5.97 Å². The summed E-state index contributed by atoms with van der Waals surface area (Å²) in [5.74, 6) is -1.55. The first-order valence-corrected chi connectivity index (χ1v) is 6.95. The van der Waals surface area contributed by atoms with E-state index in [1.165, 1.54) is 12.1 Å². The Morgan fingerprint density at radius 1 is 1.14 bits per heavy atom. The predicted octanol–water partition coefficient (Wildman–Crippen LogP) is 1.98. The van der Waals surface area contributed by atoms with Gasteiger partial charge in [-0.15, -0.1) is 5.10 Å². The summed E-state index contributed by atoms with van der Waals surface area (Å²) in [5.41, 5.74) is 7.52. The van der Waals surface area contributed by atoms with Crippen LogP contribution in [-0.2, 0) is 0 Å². The molecule has 0 aliphatic rings. The lowest BCUT2D eigenvalue weighted by atomic mass is 10.2. The Hall–Kier alpha value is -2.74. The maximum atomic E-state index is 11.2. The summed E-state index contributed by atoms with van der Waals surface area (Å²) in [6, 6.07) is 9.43. The maximum Gasteiger partial charge on any atom is 0.335 e. The van der Waals surface area contributed by atoms with E-state index in [0.717, 1.165) is 0 Å². The van der Waals surface area contributed by atoms with Crippen LogP contribution in [0, 0.1) is 0 Å². The molecule has 0 bridgehead atoms. The summed E-state index contributed by atoms with van der Waals surface area (Å²) in [5, 5.41) is 17.0. The monoisotopic (exact) mass is 360 g/mol. The van der Waals surface area contributed by atoms with Crippen LogP contribution >= 0.6 is 15.9 Å². The molecule has 0 unspecified atom stereocenters. The molecule has 110 valence electrons. The summed E-state index contributed by atoms with van der Waals surface area (Å²) in [4.78, 5) is 22.1. The fourth-order valence-electron chi connectivity index (χ4n) is 2.07. The number of nitrogens with zero attached hydrogens (tertiary/aromatic N) is 3. The highest BCUT2D eigenvalue weighted by Gasteiger charge is 2.13. The third-order valence-electron chi connectivity index (χ3n) is 3.15. The van der Waals surface area contributed by atoms with Crippen LogP contribution in [-0.4, -0.2) is 32.0 Å². The molecule has 1 heterocycles. The molecule has 2 aromatic carbocycles. The number of halogens is 1. The molecular weight excluding hydrogens is 352 g/mol. The van der Waals surface area contributed by atoms with Crippen LogP contribution in [0.2, 0.25) is 0 Å². The molecule has 3 N–H and O–H groups in total. The van der Waals surface area contributed by atoms with E-state index in [1.807, 2.05) is 0 Å². The van der Waals surface area contributed by atoms with Gasteiger partial charge in [0.25, 0.3) is 0 Å². The molecule has 1 amide bonds. The van der Waals surface area contributed by atoms with E-state index < -0.39 is 11.9 Å². The van der Waals surface area contributed by atoms with Crippen molar-refractivity contribution in [2.75, 3.05) is 0 Å². The Labute approximate surface area is 132 Å². The first kappa shape index (κ1) is 14.2. The molecule has 0 atom stereocenters. The minimum Gasteiger partial charge on any atom is -0.478 e. The lowest BCUT2D eigenvalue weighted by Gasteiger charge is -2.06. The molecule has 8 heteroatoms. The molecule has 7 nitrogen and oxygen atoms in total. The second kappa shape index (κ2) is 5.23. The van der Waals surface area contributed by atoms with E-state index in [-0.39, 0.29) is 5.56 Å². The van der Waals surface area contributed by atoms with Gasteiger partial charge in [0.2, 0.25) is 5.91 Å². The quantitative estimate of drug-likeness (QED) is 0.741. The summed E-state index contributed by atoms with van der Waals surface area (Å²) in [6.45, 7) is 0. The SMILES string of the molecule is NC(=O)c1ccc(-n2nnc3cc(C(=O)O)ccc32)c(Br)c1. The first-order chi connectivity index (χ1) is 10.5. The van der Waals surface area contributed by atoms with Gasteiger partial charge in [0.15, 0.2) is 0 Å². The first-order valence-electron chi connectivity index (χ1n) is 6.16. The van der Waals surface area contributed by atoms with E-state index in [1.54, 1.807) is 28.9 Å². The van der Waals surface area contributed by atoms with Crippen molar-refractivity contribution in [3.05, 3.63) is 52.0 Å². The van der Waals surface area contributed by atoms with Crippen LogP contribution in [0.15, 0.2) is 40.9 Å². The number of aromatic nitrogens is 3. The minimum absolute atomic E-state index is 0.141. The smallest absolute Gasteiger partial charge is 0.335 e. The van der Waals surface area contributed by atoms with E-state index in [9.17, 15) is 9.59 Å². The fraction of sp³-hybridized carbons (Fsp3) is 0. The molecule has 3 rings (SSSR count). The van der Waals surface area contributed by atoms with Gasteiger partial charge in [0.05, 0.1) is 16.8 Å². The van der Waals surface area contributed by atoms with Gasteiger partial charge in [0, 0.05) is 10.0 Å². The van der Waals surface area contributed by atoms with E-state index in [0.29, 0.717) is 26.8 Å². The number of amides is 1. The van der Waals surface area contributed by atoms with Crippen molar-refractivity contribution in [2.24, 2.45) is 5.73 Å². The Morgan fingerprint density at radius 3 is 2.50 bits per heavy atom. The molecule has 3 aromatic rings. The van der Waals surface area contributed by atoms with Gasteiger partial charge < -0.3 is 10.8 Å². The van der Waals surface area contributed by atoms with Crippen molar-refractivity contribution in [2.45, 2.75) is 0 Å². The molecule has 0 spiro atoms. The molecule has 22 heavy (non-hydrogen) atoms. The summed E-state index contributed by atoms with van der Waals surface area (Å²) < 4.78 is 2.17. The summed E-state index contributed by atoms with van der Waals surface area (Å²) in [7, 11) is 0. The molecular formula is C14H9BrN4O3. The van der Waals surface area contributed by atoms with Gasteiger partial charge in [-0.25, -0.2) is 9.48 Å². The Morgan fingerprint density at radius 2 is 1.86 bits per heavy atom. The standard InChI is InChI=1S/C14H9BrN4O3/c15-9-5-7(13(16)20)1-3-11(9)19-12-4-2-8(14(21)22)6-10(12)17-18-19/h1-6H,(H2,16,20)(H,21,22). The number of carbonyl (C=O) groups excluding carboxylic acids is 1. The van der Waals surface area contributed by atoms with Gasteiger partial charge in [-0.3, -0.25) is 4.79 Å². The highest BCUT2D eigenvalue weighted by Crippen LogP contribution is 2.25. The number of aromatic carboxylic acids is 1. The fourth-order valence-corrected chi connectivity index (χ4v) is 2.61. The molecule has 0 aliphatic heterocycles. The van der Waals surface area contributed by atoms with Crippen LogP contribution in [0.1, 0.15) is 20.7 Å². The average molecular weight is 361 g/mol. The van der Waals surface area contributed by atoms with E-state index >= 15 is 0 Å². The molecule has 0 saturated carbocycles. The van der Waals surface area contributed by atoms with Crippen LogP contribution in [0.5, 0.6) is 0 Å².